The highest BCUT2D eigenvalue weighted by Gasteiger charge is 2.20. The molecule has 4 rings (SSSR count). The molecule has 2 aromatic heterocycles. The van der Waals surface area contributed by atoms with E-state index in [0.717, 1.165) is 28.0 Å². The number of hydrogen-bond donors (Lipinski definition) is 0. The number of amides is 1. The number of benzene rings is 2. The van der Waals surface area contributed by atoms with Crippen LogP contribution in [0.3, 0.4) is 0 Å². The second-order valence-corrected chi connectivity index (χ2v) is 8.77. The van der Waals surface area contributed by atoms with Crippen LogP contribution in [0.1, 0.15) is 23.7 Å². The fourth-order valence-electron chi connectivity index (χ4n) is 2.93. The Morgan fingerprint density at radius 2 is 2.07 bits per heavy atom. The zero-order chi connectivity index (χ0) is 20.5. The van der Waals surface area contributed by atoms with Crippen molar-refractivity contribution in [3.05, 3.63) is 63.6 Å². The number of rotatable bonds is 5. The van der Waals surface area contributed by atoms with Crippen LogP contribution in [0.4, 0.5) is 10.8 Å². The van der Waals surface area contributed by atoms with Gasteiger partial charge in [-0.2, -0.15) is 0 Å². The zero-order valence-electron chi connectivity index (χ0n) is 16.1. The number of thiazole rings is 1. The molecule has 148 valence electrons. The molecule has 0 unspecified atom stereocenters. The molecule has 1 amide bonds. The van der Waals surface area contributed by atoms with Gasteiger partial charge in [0.15, 0.2) is 10.7 Å². The van der Waals surface area contributed by atoms with Crippen molar-refractivity contribution in [1.82, 2.24) is 9.97 Å². The molecule has 0 fully saturated rings. The topological polar surface area (TPSA) is 59.2 Å². The second-order valence-electron chi connectivity index (χ2n) is 6.58. The maximum atomic E-state index is 12.4. The quantitative estimate of drug-likeness (QED) is 0.328. The standard InChI is InChI=1S/C21H18ClN3O2S2/c1-12-5-4-6-18(13(12)2)25(14(3)26)20-23-16(10-28-20)11-29-21-24-17-9-15(22)7-8-19(17)27-21/h4-10H,11H2,1-3H3. The largest absolute Gasteiger partial charge is 0.431 e. The predicted molar refractivity (Wildman–Crippen MR) is 119 cm³/mol. The van der Waals surface area contributed by atoms with E-state index in [4.69, 9.17) is 16.0 Å². The molecule has 4 aromatic rings. The Bertz CT molecular complexity index is 1200. The van der Waals surface area contributed by atoms with E-state index in [2.05, 4.69) is 9.97 Å². The maximum Gasteiger partial charge on any atom is 0.257 e. The van der Waals surface area contributed by atoms with Gasteiger partial charge in [0.1, 0.15) is 5.52 Å². The molecule has 2 heterocycles. The van der Waals surface area contributed by atoms with Crippen molar-refractivity contribution in [1.29, 1.82) is 0 Å². The fraction of sp³-hybridized carbons (Fsp3) is 0.190. The Morgan fingerprint density at radius 3 is 2.86 bits per heavy atom. The van der Waals surface area contributed by atoms with Crippen LogP contribution in [0.15, 0.2) is 51.4 Å². The number of aryl methyl sites for hydroxylation is 1. The molecule has 0 spiro atoms. The molecular weight excluding hydrogens is 426 g/mol. The Labute approximate surface area is 181 Å². The van der Waals surface area contributed by atoms with E-state index in [1.807, 2.05) is 43.5 Å². The van der Waals surface area contributed by atoms with E-state index in [1.54, 1.807) is 24.0 Å². The van der Waals surface area contributed by atoms with Crippen LogP contribution < -0.4 is 4.90 Å². The molecule has 0 aliphatic rings. The van der Waals surface area contributed by atoms with Crippen molar-refractivity contribution in [2.24, 2.45) is 0 Å². The summed E-state index contributed by atoms with van der Waals surface area (Å²) in [4.78, 5) is 23.2. The third-order valence-corrected chi connectivity index (χ3v) is 6.51. The number of anilines is 2. The molecule has 5 nitrogen and oxygen atoms in total. The highest BCUT2D eigenvalue weighted by atomic mass is 35.5. The molecule has 0 saturated carbocycles. The lowest BCUT2D eigenvalue weighted by Crippen LogP contribution is -2.23. The van der Waals surface area contributed by atoms with Crippen molar-refractivity contribution < 1.29 is 9.21 Å². The van der Waals surface area contributed by atoms with Gasteiger partial charge in [-0.15, -0.1) is 11.3 Å². The second kappa shape index (κ2) is 8.18. The van der Waals surface area contributed by atoms with Gasteiger partial charge >= 0.3 is 0 Å². The van der Waals surface area contributed by atoms with Crippen LogP contribution in [0.25, 0.3) is 11.1 Å². The van der Waals surface area contributed by atoms with Crippen molar-refractivity contribution in [3.8, 4) is 0 Å². The Morgan fingerprint density at radius 1 is 1.24 bits per heavy atom. The molecule has 0 saturated heterocycles. The van der Waals surface area contributed by atoms with E-state index >= 15 is 0 Å². The molecular formula is C21H18ClN3O2S2. The molecule has 0 aliphatic heterocycles. The first-order valence-electron chi connectivity index (χ1n) is 8.92. The van der Waals surface area contributed by atoms with Crippen molar-refractivity contribution in [3.63, 3.8) is 0 Å². The number of aromatic nitrogens is 2. The third kappa shape index (κ3) is 4.17. The van der Waals surface area contributed by atoms with Gasteiger partial charge in [-0.3, -0.25) is 9.69 Å². The minimum Gasteiger partial charge on any atom is -0.431 e. The van der Waals surface area contributed by atoms with E-state index < -0.39 is 0 Å². The summed E-state index contributed by atoms with van der Waals surface area (Å²) in [6.45, 7) is 5.61. The summed E-state index contributed by atoms with van der Waals surface area (Å²) in [6, 6.07) is 11.3. The third-order valence-electron chi connectivity index (χ3n) is 4.54. The summed E-state index contributed by atoms with van der Waals surface area (Å²) >= 11 is 8.91. The fourth-order valence-corrected chi connectivity index (χ4v) is 4.81. The predicted octanol–water partition coefficient (Wildman–Crippen LogP) is 6.53. The monoisotopic (exact) mass is 443 g/mol. The van der Waals surface area contributed by atoms with Gasteiger partial charge in [0.2, 0.25) is 5.91 Å². The van der Waals surface area contributed by atoms with E-state index in [9.17, 15) is 4.79 Å². The smallest absolute Gasteiger partial charge is 0.257 e. The first-order valence-corrected chi connectivity index (χ1v) is 11.2. The Hall–Kier alpha value is -2.35. The average molecular weight is 444 g/mol. The molecule has 29 heavy (non-hydrogen) atoms. The van der Waals surface area contributed by atoms with Crippen LogP contribution in [0.2, 0.25) is 5.02 Å². The van der Waals surface area contributed by atoms with E-state index in [0.29, 0.717) is 26.7 Å². The summed E-state index contributed by atoms with van der Waals surface area (Å²) in [5.74, 6) is 0.526. The molecule has 8 heteroatoms. The van der Waals surface area contributed by atoms with Crippen LogP contribution in [0, 0.1) is 13.8 Å². The summed E-state index contributed by atoms with van der Waals surface area (Å²) in [6.07, 6.45) is 0. The van der Waals surface area contributed by atoms with Crippen molar-refractivity contribution in [2.45, 2.75) is 31.7 Å². The molecule has 0 aliphatic carbocycles. The number of carbonyl (C=O) groups is 1. The van der Waals surface area contributed by atoms with Gasteiger partial charge in [-0.1, -0.05) is 35.5 Å². The molecule has 2 aromatic carbocycles. The lowest BCUT2D eigenvalue weighted by atomic mass is 10.1. The Kier molecular flexibility index (Phi) is 5.63. The number of carbonyl (C=O) groups excluding carboxylic acids is 1. The van der Waals surface area contributed by atoms with Gasteiger partial charge in [0.05, 0.1) is 11.4 Å². The lowest BCUT2D eigenvalue weighted by molar-refractivity contribution is -0.115. The van der Waals surface area contributed by atoms with Crippen LogP contribution >= 0.6 is 34.7 Å². The first-order chi connectivity index (χ1) is 13.9. The average Bonchev–Trinajstić information content (AvgIpc) is 3.29. The maximum absolute atomic E-state index is 12.4. The highest BCUT2D eigenvalue weighted by molar-refractivity contribution is 7.98. The summed E-state index contributed by atoms with van der Waals surface area (Å²) < 4.78 is 5.74. The molecule has 0 atom stereocenters. The normalized spacial score (nSPS) is 11.2. The van der Waals surface area contributed by atoms with Crippen molar-refractivity contribution in [2.75, 3.05) is 4.90 Å². The number of halogens is 1. The number of hydrogen-bond acceptors (Lipinski definition) is 6. The molecule has 0 radical (unpaired) electrons. The number of fused-ring (bicyclic) bond motifs is 1. The zero-order valence-corrected chi connectivity index (χ0v) is 18.5. The van der Waals surface area contributed by atoms with Gasteiger partial charge in [0, 0.05) is 23.1 Å². The summed E-state index contributed by atoms with van der Waals surface area (Å²) in [7, 11) is 0. The molecule has 0 bridgehead atoms. The number of oxazole rings is 1. The van der Waals surface area contributed by atoms with Crippen LogP contribution in [-0.4, -0.2) is 15.9 Å². The summed E-state index contributed by atoms with van der Waals surface area (Å²) in [5, 5.41) is 3.81. The lowest BCUT2D eigenvalue weighted by Gasteiger charge is -2.21. The van der Waals surface area contributed by atoms with Gasteiger partial charge in [-0.25, -0.2) is 9.97 Å². The minimum atomic E-state index is -0.0666. The van der Waals surface area contributed by atoms with E-state index in [1.165, 1.54) is 23.1 Å². The van der Waals surface area contributed by atoms with Gasteiger partial charge in [-0.05, 0) is 49.2 Å². The Balaban J connectivity index is 1.54. The van der Waals surface area contributed by atoms with Crippen LogP contribution in [-0.2, 0) is 10.5 Å². The summed E-state index contributed by atoms with van der Waals surface area (Å²) in [5.41, 5.74) is 5.37. The highest BCUT2D eigenvalue weighted by Crippen LogP contribution is 2.34. The van der Waals surface area contributed by atoms with Gasteiger partial charge < -0.3 is 4.42 Å². The molecule has 0 N–H and O–H groups in total. The van der Waals surface area contributed by atoms with Gasteiger partial charge in [0.25, 0.3) is 5.22 Å². The van der Waals surface area contributed by atoms with Crippen LogP contribution in [0.5, 0.6) is 0 Å². The number of nitrogens with zero attached hydrogens (tertiary/aromatic N) is 3. The van der Waals surface area contributed by atoms with E-state index in [-0.39, 0.29) is 5.91 Å². The minimum absolute atomic E-state index is 0.0666. The first kappa shape index (κ1) is 19.9. The number of thioether (sulfide) groups is 1. The van der Waals surface area contributed by atoms with Crippen molar-refractivity contribution >= 4 is 62.5 Å². The SMILES string of the molecule is CC(=O)N(c1nc(CSc2nc3cc(Cl)ccc3o2)cs1)c1cccc(C)c1C.